The van der Waals surface area contributed by atoms with Gasteiger partial charge in [-0.1, -0.05) is 12.1 Å². The molecule has 6 heteroatoms. The van der Waals surface area contributed by atoms with Crippen molar-refractivity contribution in [2.45, 2.75) is 31.9 Å². The van der Waals surface area contributed by atoms with Crippen LogP contribution in [-0.2, 0) is 19.4 Å². The number of hydrogen-bond acceptors (Lipinski definition) is 4. The number of aliphatic hydroxyl groups excluding tert-OH is 1. The average Bonchev–Trinajstić information content (AvgIpc) is 2.66. The van der Waals surface area contributed by atoms with Gasteiger partial charge in [-0.05, 0) is 42.2 Å². The molecule has 1 unspecified atom stereocenters. The third-order valence-corrected chi connectivity index (χ3v) is 4.64. The van der Waals surface area contributed by atoms with E-state index >= 15 is 0 Å². The van der Waals surface area contributed by atoms with Gasteiger partial charge in [-0.25, -0.2) is 4.79 Å². The normalized spacial score (nSPS) is 15.7. The Bertz CT molecular complexity index is 791. The molecule has 3 N–H and O–H groups in total. The van der Waals surface area contributed by atoms with Gasteiger partial charge in [-0.3, -0.25) is 0 Å². The summed E-state index contributed by atoms with van der Waals surface area (Å²) in [5.41, 5.74) is 3.81. The number of carbonyl (C=O) groups excluding carboxylic acids is 1. The minimum Gasteiger partial charge on any atom is -0.497 e. The van der Waals surface area contributed by atoms with E-state index in [-0.39, 0.29) is 12.1 Å². The van der Waals surface area contributed by atoms with Crippen LogP contribution < -0.4 is 20.1 Å². The molecule has 0 bridgehead atoms. The highest BCUT2D eigenvalue weighted by atomic mass is 16.5. The molecule has 6 nitrogen and oxygen atoms in total. The quantitative estimate of drug-likeness (QED) is 0.770. The molecule has 0 heterocycles. The molecule has 3 rings (SSSR count). The van der Waals surface area contributed by atoms with Gasteiger partial charge in [-0.2, -0.15) is 0 Å². The Morgan fingerprint density at radius 1 is 1.23 bits per heavy atom. The monoisotopic (exact) mass is 356 g/mol. The van der Waals surface area contributed by atoms with Crippen LogP contribution >= 0.6 is 0 Å². The standard InChI is InChI=1S/C20H24N2O4/c1-25-16-9-7-14(19(11-16)26-2)12-21-20(24)22-18-5-3-4-13-6-8-15(23)10-17(13)18/h3-5,7,9,11,15,23H,6,8,10,12H2,1-2H3,(H2,21,22,24). The highest BCUT2D eigenvalue weighted by molar-refractivity contribution is 5.90. The fraction of sp³-hybridized carbons (Fsp3) is 0.350. The van der Waals surface area contributed by atoms with Crippen LogP contribution in [0.4, 0.5) is 10.5 Å². The van der Waals surface area contributed by atoms with Crippen LogP contribution in [0.2, 0.25) is 0 Å². The molecule has 1 aliphatic carbocycles. The number of anilines is 1. The van der Waals surface area contributed by atoms with Crippen molar-refractivity contribution in [3.05, 3.63) is 53.1 Å². The van der Waals surface area contributed by atoms with Gasteiger partial charge in [-0.15, -0.1) is 0 Å². The van der Waals surface area contributed by atoms with Crippen molar-refractivity contribution in [3.8, 4) is 11.5 Å². The lowest BCUT2D eigenvalue weighted by molar-refractivity contribution is 0.159. The molecule has 0 aromatic heterocycles. The Hall–Kier alpha value is -2.73. The number of methoxy groups -OCH3 is 2. The smallest absolute Gasteiger partial charge is 0.319 e. The number of aliphatic hydroxyl groups is 1. The summed E-state index contributed by atoms with van der Waals surface area (Å²) in [5, 5.41) is 15.7. The lowest BCUT2D eigenvalue weighted by Crippen LogP contribution is -2.29. The second kappa shape index (κ2) is 8.10. The molecule has 1 atom stereocenters. The zero-order chi connectivity index (χ0) is 18.5. The third kappa shape index (κ3) is 4.08. The topological polar surface area (TPSA) is 79.8 Å². The zero-order valence-electron chi connectivity index (χ0n) is 15.0. The van der Waals surface area contributed by atoms with E-state index in [0.717, 1.165) is 29.7 Å². The van der Waals surface area contributed by atoms with E-state index in [1.54, 1.807) is 20.3 Å². The van der Waals surface area contributed by atoms with E-state index < -0.39 is 0 Å². The van der Waals surface area contributed by atoms with E-state index in [1.807, 2.05) is 30.3 Å². The summed E-state index contributed by atoms with van der Waals surface area (Å²) >= 11 is 0. The number of hydrogen-bond donors (Lipinski definition) is 3. The molecule has 0 saturated heterocycles. The molecule has 0 radical (unpaired) electrons. The summed E-state index contributed by atoms with van der Waals surface area (Å²) in [6.45, 7) is 0.330. The van der Waals surface area contributed by atoms with E-state index in [2.05, 4.69) is 10.6 Å². The van der Waals surface area contributed by atoms with Gasteiger partial charge in [0.1, 0.15) is 11.5 Å². The van der Waals surface area contributed by atoms with Crippen LogP contribution in [-0.4, -0.2) is 31.5 Å². The Labute approximate surface area is 153 Å². The van der Waals surface area contributed by atoms with Crippen molar-refractivity contribution in [1.29, 1.82) is 0 Å². The summed E-state index contributed by atoms with van der Waals surface area (Å²) in [7, 11) is 3.18. The van der Waals surface area contributed by atoms with Gasteiger partial charge in [0.25, 0.3) is 0 Å². The van der Waals surface area contributed by atoms with Crippen LogP contribution in [0.15, 0.2) is 36.4 Å². The van der Waals surface area contributed by atoms with Crippen LogP contribution in [0.25, 0.3) is 0 Å². The maximum Gasteiger partial charge on any atom is 0.319 e. The third-order valence-electron chi connectivity index (χ3n) is 4.64. The molecule has 1 aliphatic rings. The van der Waals surface area contributed by atoms with Gasteiger partial charge in [0.2, 0.25) is 0 Å². The molecule has 26 heavy (non-hydrogen) atoms. The number of amides is 2. The van der Waals surface area contributed by atoms with Crippen molar-refractivity contribution in [3.63, 3.8) is 0 Å². The second-order valence-electron chi connectivity index (χ2n) is 6.33. The summed E-state index contributed by atoms with van der Waals surface area (Å²) in [4.78, 5) is 12.3. The summed E-state index contributed by atoms with van der Waals surface area (Å²) in [6.07, 6.45) is 1.81. The minimum atomic E-state index is -0.350. The van der Waals surface area contributed by atoms with Crippen LogP contribution in [0.1, 0.15) is 23.1 Å². The molecule has 2 aromatic carbocycles. The fourth-order valence-corrected chi connectivity index (χ4v) is 3.23. The summed E-state index contributed by atoms with van der Waals surface area (Å²) < 4.78 is 10.5. The van der Waals surface area contributed by atoms with Crippen molar-refractivity contribution >= 4 is 11.7 Å². The Kier molecular flexibility index (Phi) is 5.63. The van der Waals surface area contributed by atoms with Crippen molar-refractivity contribution in [1.82, 2.24) is 5.32 Å². The zero-order valence-corrected chi connectivity index (χ0v) is 15.0. The molecule has 0 fully saturated rings. The van der Waals surface area contributed by atoms with Crippen molar-refractivity contribution in [2.24, 2.45) is 0 Å². The molecule has 2 aromatic rings. The van der Waals surface area contributed by atoms with Crippen LogP contribution in [0.3, 0.4) is 0 Å². The van der Waals surface area contributed by atoms with Crippen molar-refractivity contribution < 1.29 is 19.4 Å². The Morgan fingerprint density at radius 2 is 2.08 bits per heavy atom. The van der Waals surface area contributed by atoms with Crippen LogP contribution in [0, 0.1) is 0 Å². The predicted octanol–water partition coefficient (Wildman–Crippen LogP) is 2.88. The predicted molar refractivity (Wildman–Crippen MR) is 99.9 cm³/mol. The Morgan fingerprint density at radius 3 is 2.85 bits per heavy atom. The first kappa shape index (κ1) is 18.1. The number of rotatable bonds is 5. The fourth-order valence-electron chi connectivity index (χ4n) is 3.23. The number of benzene rings is 2. The number of urea groups is 1. The van der Waals surface area contributed by atoms with Gasteiger partial charge < -0.3 is 25.2 Å². The summed E-state index contributed by atoms with van der Waals surface area (Å²) in [5.74, 6) is 1.36. The number of carbonyl (C=O) groups is 1. The molecule has 0 spiro atoms. The highest BCUT2D eigenvalue weighted by Gasteiger charge is 2.20. The first-order chi connectivity index (χ1) is 12.6. The molecular weight excluding hydrogens is 332 g/mol. The number of nitrogens with one attached hydrogen (secondary N) is 2. The maximum atomic E-state index is 12.3. The van der Waals surface area contributed by atoms with Gasteiger partial charge in [0.05, 0.1) is 20.3 Å². The lowest BCUT2D eigenvalue weighted by Gasteiger charge is -2.23. The van der Waals surface area contributed by atoms with E-state index in [4.69, 9.17) is 9.47 Å². The van der Waals surface area contributed by atoms with Gasteiger partial charge in [0.15, 0.2) is 0 Å². The average molecular weight is 356 g/mol. The summed E-state index contributed by atoms with van der Waals surface area (Å²) in [6, 6.07) is 11.0. The maximum absolute atomic E-state index is 12.3. The van der Waals surface area contributed by atoms with Crippen LogP contribution in [0.5, 0.6) is 11.5 Å². The molecule has 138 valence electrons. The molecule has 2 amide bonds. The van der Waals surface area contributed by atoms with E-state index in [9.17, 15) is 9.90 Å². The largest absolute Gasteiger partial charge is 0.497 e. The van der Waals surface area contributed by atoms with E-state index in [1.165, 1.54) is 5.56 Å². The van der Waals surface area contributed by atoms with Gasteiger partial charge in [0, 0.05) is 30.3 Å². The number of aryl methyl sites for hydroxylation is 1. The second-order valence-corrected chi connectivity index (χ2v) is 6.33. The first-order valence-electron chi connectivity index (χ1n) is 8.65. The first-order valence-corrected chi connectivity index (χ1v) is 8.65. The molecular formula is C20H24N2O4. The molecule has 0 aliphatic heterocycles. The molecule has 0 saturated carbocycles. The SMILES string of the molecule is COc1ccc(CNC(=O)Nc2cccc3c2CC(O)CC3)c(OC)c1. The van der Waals surface area contributed by atoms with Crippen molar-refractivity contribution in [2.75, 3.05) is 19.5 Å². The minimum absolute atomic E-state index is 0.295. The Balaban J connectivity index is 1.65. The van der Waals surface area contributed by atoms with E-state index in [0.29, 0.717) is 24.5 Å². The highest BCUT2D eigenvalue weighted by Crippen LogP contribution is 2.28. The lowest BCUT2D eigenvalue weighted by atomic mass is 9.88. The number of ether oxygens (including phenoxy) is 2. The number of fused-ring (bicyclic) bond motifs is 1. The van der Waals surface area contributed by atoms with Gasteiger partial charge >= 0.3 is 6.03 Å².